The number of hydrogen-bond donors (Lipinski definition) is 1. The van der Waals surface area contributed by atoms with Crippen molar-refractivity contribution < 1.29 is 31.8 Å². The number of benzene rings is 1. The Kier molecular flexibility index (Phi) is 9.81. The van der Waals surface area contributed by atoms with Gasteiger partial charge in [-0.3, -0.25) is 4.79 Å². The molecule has 4 atom stereocenters. The van der Waals surface area contributed by atoms with Crippen LogP contribution in [-0.2, 0) is 19.5 Å². The number of likely N-dealkylation sites (tertiary alicyclic amines) is 1. The largest absolute Gasteiger partial charge is 0.451 e. The van der Waals surface area contributed by atoms with Gasteiger partial charge in [-0.2, -0.15) is 0 Å². The third-order valence-electron chi connectivity index (χ3n) is 9.78. The van der Waals surface area contributed by atoms with E-state index >= 15 is 0 Å². The van der Waals surface area contributed by atoms with Gasteiger partial charge in [0.15, 0.2) is 11.6 Å². The van der Waals surface area contributed by atoms with Crippen LogP contribution in [0.1, 0.15) is 56.8 Å². The second-order valence-electron chi connectivity index (χ2n) is 13.3. The molecule has 4 saturated heterocycles. The van der Waals surface area contributed by atoms with Crippen LogP contribution in [0, 0.1) is 11.2 Å². The first-order valence-corrected chi connectivity index (χ1v) is 18.0. The Morgan fingerprint density at radius 2 is 1.85 bits per heavy atom. The number of carbonyl (C=O) groups is 1. The molecule has 2 aromatic rings. The van der Waals surface area contributed by atoms with Crippen molar-refractivity contribution in [3.63, 3.8) is 0 Å². The molecule has 1 aromatic heterocycles. The van der Waals surface area contributed by atoms with Crippen molar-refractivity contribution in [3.8, 4) is 11.5 Å². The number of anilines is 1. The van der Waals surface area contributed by atoms with Gasteiger partial charge < -0.3 is 28.9 Å². The molecule has 4 fully saturated rings. The summed E-state index contributed by atoms with van der Waals surface area (Å²) in [6.45, 7) is 11.2. The van der Waals surface area contributed by atoms with E-state index in [0.717, 1.165) is 58.4 Å². The van der Waals surface area contributed by atoms with Gasteiger partial charge in [-0.1, -0.05) is 0 Å². The van der Waals surface area contributed by atoms with Gasteiger partial charge in [-0.25, -0.2) is 27.5 Å². The van der Waals surface area contributed by atoms with Gasteiger partial charge >= 0.3 is 0 Å². The number of ether oxygens (including phenoxy) is 3. The number of carbonyl (C=O) groups excluding carboxylic acids is 1. The predicted octanol–water partition coefficient (Wildman–Crippen LogP) is 3.05. The lowest BCUT2D eigenvalue weighted by molar-refractivity contribution is -0.0299. The quantitative estimate of drug-likeness (QED) is 0.429. The van der Waals surface area contributed by atoms with Gasteiger partial charge in [0.05, 0.1) is 55.5 Å². The fraction of sp³-hybridized carbons (Fsp3) is 0.656. The Balaban J connectivity index is 1.04. The van der Waals surface area contributed by atoms with Gasteiger partial charge in [-0.15, -0.1) is 0 Å². The first-order valence-electron chi connectivity index (χ1n) is 16.3. The van der Waals surface area contributed by atoms with Crippen molar-refractivity contribution in [2.45, 2.75) is 70.7 Å². The van der Waals surface area contributed by atoms with E-state index in [9.17, 15) is 17.6 Å². The fourth-order valence-electron chi connectivity index (χ4n) is 7.15. The van der Waals surface area contributed by atoms with E-state index in [2.05, 4.69) is 24.5 Å². The van der Waals surface area contributed by atoms with Crippen molar-refractivity contribution in [1.82, 2.24) is 24.5 Å². The Hall–Kier alpha value is -2.91. The minimum Gasteiger partial charge on any atom is -0.451 e. The predicted molar refractivity (Wildman–Crippen MR) is 170 cm³/mol. The maximum Gasteiger partial charge on any atom is 0.258 e. The zero-order chi connectivity index (χ0) is 32.5. The van der Waals surface area contributed by atoms with Crippen molar-refractivity contribution >= 4 is 21.7 Å². The van der Waals surface area contributed by atoms with Crippen LogP contribution < -0.4 is 14.4 Å². The molecule has 0 radical (unpaired) electrons. The monoisotopic (exact) mass is 660 g/mol. The normalized spacial score (nSPS) is 27.0. The highest BCUT2D eigenvalue weighted by Crippen LogP contribution is 2.45. The summed E-state index contributed by atoms with van der Waals surface area (Å²) in [4.78, 5) is 28.7. The third-order valence-corrected chi connectivity index (χ3v) is 11.2. The minimum atomic E-state index is -3.22. The van der Waals surface area contributed by atoms with Crippen LogP contribution in [0.25, 0.3) is 0 Å². The van der Waals surface area contributed by atoms with Crippen molar-refractivity contribution in [2.24, 2.45) is 5.41 Å². The van der Waals surface area contributed by atoms with E-state index < -0.39 is 15.8 Å². The summed E-state index contributed by atoms with van der Waals surface area (Å²) in [5.41, 5.74) is 0.345. The van der Waals surface area contributed by atoms with Crippen LogP contribution in [0.15, 0.2) is 30.7 Å². The number of morpholine rings is 1. The second-order valence-corrected chi connectivity index (χ2v) is 15.4. The minimum absolute atomic E-state index is 0.0791. The van der Waals surface area contributed by atoms with Crippen LogP contribution in [0.3, 0.4) is 0 Å². The lowest BCUT2D eigenvalue weighted by Crippen LogP contribution is -2.61. The van der Waals surface area contributed by atoms with E-state index in [1.165, 1.54) is 24.5 Å². The lowest BCUT2D eigenvalue weighted by Gasteiger charge is -2.54. The Morgan fingerprint density at radius 3 is 2.52 bits per heavy atom. The topological polar surface area (TPSA) is 126 Å². The number of sulfonamides is 1. The van der Waals surface area contributed by atoms with Gasteiger partial charge in [-0.05, 0) is 77.7 Å². The summed E-state index contributed by atoms with van der Waals surface area (Å²) < 4.78 is 58.8. The number of hydrogen-bond acceptors (Lipinski definition) is 10. The summed E-state index contributed by atoms with van der Waals surface area (Å²) in [5, 5.41) is 0. The SMILES string of the molecule is CCS(=O)(=O)N[C@@H]1CC[C@@H](CN2CCC3(CC2)CN(c2ncncc2Oc2ccc(F)cc2C(=O)N2[C@H](C)COC[C@H]2C)C3)OC1. The average molecular weight is 661 g/mol. The molecule has 252 valence electrons. The Morgan fingerprint density at radius 1 is 1.11 bits per heavy atom. The van der Waals surface area contributed by atoms with Gasteiger partial charge in [0, 0.05) is 31.1 Å². The summed E-state index contributed by atoms with van der Waals surface area (Å²) >= 11 is 0. The van der Waals surface area contributed by atoms with Crippen LogP contribution >= 0.6 is 0 Å². The average Bonchev–Trinajstić information content (AvgIpc) is 3.02. The maximum atomic E-state index is 14.4. The number of amides is 1. The number of nitrogens with zero attached hydrogens (tertiary/aromatic N) is 5. The number of nitrogens with one attached hydrogen (secondary N) is 1. The Labute approximate surface area is 270 Å². The van der Waals surface area contributed by atoms with E-state index in [0.29, 0.717) is 31.4 Å². The van der Waals surface area contributed by atoms with Crippen LogP contribution in [0.5, 0.6) is 11.5 Å². The number of aromatic nitrogens is 2. The molecular formula is C32H45FN6O6S. The molecule has 1 amide bonds. The molecule has 0 aliphatic carbocycles. The van der Waals surface area contributed by atoms with E-state index in [-0.39, 0.29) is 52.6 Å². The number of piperidine rings is 1. The second kappa shape index (κ2) is 13.7. The van der Waals surface area contributed by atoms with E-state index in [1.54, 1.807) is 18.0 Å². The van der Waals surface area contributed by atoms with Crippen molar-refractivity contribution in [2.75, 3.05) is 63.2 Å². The molecule has 14 heteroatoms. The summed E-state index contributed by atoms with van der Waals surface area (Å²) in [6, 6.07) is 3.56. The zero-order valence-electron chi connectivity index (χ0n) is 26.9. The smallest absolute Gasteiger partial charge is 0.258 e. The first-order chi connectivity index (χ1) is 22.0. The van der Waals surface area contributed by atoms with Gasteiger partial charge in [0.1, 0.15) is 17.9 Å². The van der Waals surface area contributed by atoms with Crippen molar-refractivity contribution in [3.05, 3.63) is 42.1 Å². The number of halogens is 1. The maximum absolute atomic E-state index is 14.4. The summed E-state index contributed by atoms with van der Waals surface area (Å²) in [5.74, 6) is 0.607. The van der Waals surface area contributed by atoms with Crippen LogP contribution in [-0.4, -0.2) is 117 Å². The Bertz CT molecular complexity index is 1480. The molecule has 0 unspecified atom stereocenters. The molecule has 6 rings (SSSR count). The molecule has 5 heterocycles. The lowest BCUT2D eigenvalue weighted by atomic mass is 9.72. The molecule has 1 aromatic carbocycles. The molecule has 0 bridgehead atoms. The van der Waals surface area contributed by atoms with Gasteiger partial charge in [0.2, 0.25) is 10.0 Å². The molecule has 4 aliphatic heterocycles. The standard InChI is InChI=1S/C32H45FN6O6S/c1-4-46(41,42)36-25-6-7-26(44-18-25)15-37-11-9-32(10-12-37)19-38(20-32)30-29(14-34-21-35-30)45-28-8-5-24(33)13-27(28)31(40)39-22(2)16-43-17-23(39)3/h5,8,13-14,21-23,25-26,36H,4,6-7,9-12,15-20H2,1-3H3/t22-,23-,25-,26+/m1/s1. The molecule has 12 nitrogen and oxygen atoms in total. The van der Waals surface area contributed by atoms with Crippen LogP contribution in [0.2, 0.25) is 0 Å². The highest BCUT2D eigenvalue weighted by Gasteiger charge is 2.46. The molecule has 0 saturated carbocycles. The van der Waals surface area contributed by atoms with Gasteiger partial charge in [0.25, 0.3) is 5.91 Å². The zero-order valence-corrected chi connectivity index (χ0v) is 27.7. The third kappa shape index (κ3) is 7.30. The van der Waals surface area contributed by atoms with E-state index in [1.807, 2.05) is 13.8 Å². The van der Waals surface area contributed by atoms with Crippen molar-refractivity contribution in [1.29, 1.82) is 0 Å². The molecule has 4 aliphatic rings. The first kappa shape index (κ1) is 33.0. The molecule has 1 N–H and O–H groups in total. The number of rotatable bonds is 9. The molecule has 46 heavy (non-hydrogen) atoms. The summed E-state index contributed by atoms with van der Waals surface area (Å²) in [7, 11) is -3.22. The fourth-order valence-corrected chi connectivity index (χ4v) is 8.01. The highest BCUT2D eigenvalue weighted by atomic mass is 32.2. The van der Waals surface area contributed by atoms with E-state index in [4.69, 9.17) is 14.2 Å². The van der Waals surface area contributed by atoms with Crippen LogP contribution in [0.4, 0.5) is 10.2 Å². The highest BCUT2D eigenvalue weighted by molar-refractivity contribution is 7.89. The molecule has 1 spiro atoms. The summed E-state index contributed by atoms with van der Waals surface area (Å²) in [6.07, 6.45) is 6.95. The molecular weight excluding hydrogens is 615 g/mol.